The summed E-state index contributed by atoms with van der Waals surface area (Å²) in [7, 11) is 0. The highest BCUT2D eigenvalue weighted by molar-refractivity contribution is 5.97. The maximum Gasteiger partial charge on any atom is 0.303 e. The number of nitrogens with one attached hydrogen (secondary N) is 8. The number of aliphatic hydroxyl groups is 1. The Labute approximate surface area is 310 Å². The molecule has 54 heavy (non-hydrogen) atoms. The molecule has 14 N–H and O–H groups in total. The number of rotatable bonds is 24. The summed E-state index contributed by atoms with van der Waals surface area (Å²) in [5.74, 6) is -7.13. The van der Waals surface area contributed by atoms with Crippen LogP contribution in [0.4, 0.5) is 0 Å². The van der Waals surface area contributed by atoms with Gasteiger partial charge in [0.15, 0.2) is 0 Å². The molecule has 0 bridgehead atoms. The van der Waals surface area contributed by atoms with Crippen molar-refractivity contribution in [2.45, 2.75) is 108 Å². The molecule has 0 unspecified atom stereocenters. The molecule has 2 aromatic heterocycles. The molecule has 22 heteroatoms. The van der Waals surface area contributed by atoms with Gasteiger partial charge in [0.05, 0.1) is 18.8 Å². The van der Waals surface area contributed by atoms with E-state index in [1.807, 2.05) is 0 Å². The van der Waals surface area contributed by atoms with Crippen LogP contribution in [0.15, 0.2) is 25.0 Å². The SMILES string of the molecule is CC(=O)N[C@H](C(=O)N[C@@H](CCC(=O)O)C(=O)N[C@@H](C)C(=O)N[C@@H](Cc1cnc[nH]1)C(=O)N[C@@H](Cc1cnc[nH]1)C(=O)N[C@@H](CCCCN)C(N)=O)[C@@H](C)O. The molecule has 0 aliphatic rings. The van der Waals surface area contributed by atoms with Crippen molar-refractivity contribution < 1.29 is 48.6 Å². The Balaban J connectivity index is 2.26. The van der Waals surface area contributed by atoms with Gasteiger partial charge in [-0.15, -0.1) is 0 Å². The van der Waals surface area contributed by atoms with Crippen molar-refractivity contribution >= 4 is 47.3 Å². The number of aromatic amines is 2. The fourth-order valence-corrected chi connectivity index (χ4v) is 5.07. The second-order valence-electron chi connectivity index (χ2n) is 12.6. The summed E-state index contributed by atoms with van der Waals surface area (Å²) in [4.78, 5) is 115. The van der Waals surface area contributed by atoms with E-state index in [1.54, 1.807) is 0 Å². The third-order valence-electron chi connectivity index (χ3n) is 7.99. The molecular weight excluding hydrogens is 712 g/mol. The van der Waals surface area contributed by atoms with Crippen molar-refractivity contribution in [2.24, 2.45) is 11.5 Å². The summed E-state index contributed by atoms with van der Waals surface area (Å²) in [6, 6.07) is -8.04. The van der Waals surface area contributed by atoms with Crippen molar-refractivity contribution in [3.63, 3.8) is 0 Å². The molecule has 0 spiro atoms. The maximum atomic E-state index is 13.8. The number of carboxylic acid groups (broad SMARTS) is 1. The summed E-state index contributed by atoms with van der Waals surface area (Å²) in [6.45, 7) is 3.98. The average molecular weight is 763 g/mol. The fraction of sp³-hybridized carbons (Fsp3) is 0.562. The van der Waals surface area contributed by atoms with E-state index in [-0.39, 0.29) is 19.3 Å². The highest BCUT2D eigenvalue weighted by Crippen LogP contribution is 2.07. The second-order valence-corrected chi connectivity index (χ2v) is 12.6. The number of aromatic nitrogens is 4. The third kappa shape index (κ3) is 15.4. The number of unbranched alkanes of at least 4 members (excludes halogenated alkanes) is 1. The number of aliphatic hydroxyl groups excluding tert-OH is 1. The van der Waals surface area contributed by atoms with Crippen LogP contribution in [0, 0.1) is 0 Å². The maximum absolute atomic E-state index is 13.8. The van der Waals surface area contributed by atoms with E-state index in [2.05, 4.69) is 51.8 Å². The number of hydrogen-bond donors (Lipinski definition) is 12. The van der Waals surface area contributed by atoms with Crippen LogP contribution in [0.5, 0.6) is 0 Å². The molecule has 7 atom stereocenters. The predicted octanol–water partition coefficient (Wildman–Crippen LogP) is -4.27. The smallest absolute Gasteiger partial charge is 0.303 e. The van der Waals surface area contributed by atoms with Crippen molar-refractivity contribution in [2.75, 3.05) is 6.54 Å². The van der Waals surface area contributed by atoms with E-state index in [9.17, 15) is 48.6 Å². The Morgan fingerprint density at radius 2 is 1.20 bits per heavy atom. The number of carboxylic acids is 1. The van der Waals surface area contributed by atoms with Crippen LogP contribution in [0.3, 0.4) is 0 Å². The Bertz CT molecular complexity index is 1570. The van der Waals surface area contributed by atoms with Crippen LogP contribution in [0.25, 0.3) is 0 Å². The molecule has 7 amide bonds. The molecule has 0 aromatic carbocycles. The van der Waals surface area contributed by atoms with Gasteiger partial charge in [0.25, 0.3) is 0 Å². The first-order chi connectivity index (χ1) is 25.5. The molecule has 2 rings (SSSR count). The van der Waals surface area contributed by atoms with E-state index in [0.29, 0.717) is 30.8 Å². The zero-order valence-electron chi connectivity index (χ0n) is 30.2. The van der Waals surface area contributed by atoms with Crippen LogP contribution in [0.1, 0.15) is 64.3 Å². The summed E-state index contributed by atoms with van der Waals surface area (Å²) >= 11 is 0. The zero-order valence-corrected chi connectivity index (χ0v) is 30.2. The Morgan fingerprint density at radius 1 is 0.704 bits per heavy atom. The summed E-state index contributed by atoms with van der Waals surface area (Å²) in [5, 5.41) is 33.8. The molecule has 2 aromatic rings. The minimum absolute atomic E-state index is 0.0929. The number of H-pyrrole nitrogens is 2. The van der Waals surface area contributed by atoms with Crippen LogP contribution in [-0.4, -0.2) is 126 Å². The van der Waals surface area contributed by atoms with Crippen molar-refractivity contribution in [1.82, 2.24) is 51.8 Å². The lowest BCUT2D eigenvalue weighted by molar-refractivity contribution is -0.139. The van der Waals surface area contributed by atoms with Crippen molar-refractivity contribution in [1.29, 1.82) is 0 Å². The third-order valence-corrected chi connectivity index (χ3v) is 7.99. The molecule has 0 radical (unpaired) electrons. The quantitative estimate of drug-likeness (QED) is 0.0451. The van der Waals surface area contributed by atoms with Crippen LogP contribution in [0.2, 0.25) is 0 Å². The van der Waals surface area contributed by atoms with E-state index >= 15 is 0 Å². The summed E-state index contributed by atoms with van der Waals surface area (Å²) < 4.78 is 0. The Kier molecular flexibility index (Phi) is 18.2. The minimum Gasteiger partial charge on any atom is -0.481 e. The summed E-state index contributed by atoms with van der Waals surface area (Å²) in [5.41, 5.74) is 11.9. The van der Waals surface area contributed by atoms with Crippen molar-refractivity contribution in [3.8, 4) is 0 Å². The average Bonchev–Trinajstić information content (AvgIpc) is 3.82. The number of nitrogens with zero attached hydrogens (tertiary/aromatic N) is 2. The van der Waals surface area contributed by atoms with Crippen LogP contribution < -0.4 is 43.4 Å². The highest BCUT2D eigenvalue weighted by Gasteiger charge is 2.33. The number of carbonyl (C=O) groups is 8. The van der Waals surface area contributed by atoms with Gasteiger partial charge in [-0.3, -0.25) is 38.4 Å². The molecular formula is C32H50N12O10. The molecule has 0 saturated heterocycles. The normalized spacial score (nSPS) is 14.8. The lowest BCUT2D eigenvalue weighted by Crippen LogP contribution is -2.60. The summed E-state index contributed by atoms with van der Waals surface area (Å²) in [6.07, 6.45) is 4.25. The first-order valence-electron chi connectivity index (χ1n) is 17.1. The van der Waals surface area contributed by atoms with Crippen LogP contribution >= 0.6 is 0 Å². The first kappa shape index (κ1) is 44.3. The lowest BCUT2D eigenvalue weighted by atomic mass is 10.1. The monoisotopic (exact) mass is 762 g/mol. The van der Waals surface area contributed by atoms with Gasteiger partial charge in [0, 0.05) is 50.0 Å². The molecule has 0 aliphatic heterocycles. The van der Waals surface area contributed by atoms with Gasteiger partial charge in [-0.25, -0.2) is 9.97 Å². The van der Waals surface area contributed by atoms with E-state index < -0.39 is 103 Å². The molecule has 0 saturated carbocycles. The second kappa shape index (κ2) is 22.2. The topological polar surface area (TPSA) is 359 Å². The lowest BCUT2D eigenvalue weighted by Gasteiger charge is -2.26. The van der Waals surface area contributed by atoms with Crippen molar-refractivity contribution in [3.05, 3.63) is 36.4 Å². The molecule has 0 aliphatic carbocycles. The van der Waals surface area contributed by atoms with Gasteiger partial charge in [-0.05, 0) is 46.1 Å². The number of aliphatic carboxylic acids is 1. The number of nitrogens with two attached hydrogens (primary N) is 2. The van der Waals surface area contributed by atoms with Gasteiger partial charge < -0.3 is 63.5 Å². The number of imidazole rings is 2. The van der Waals surface area contributed by atoms with E-state index in [0.717, 1.165) is 6.92 Å². The number of amides is 7. The van der Waals surface area contributed by atoms with Gasteiger partial charge in [0.2, 0.25) is 41.4 Å². The predicted molar refractivity (Wildman–Crippen MR) is 188 cm³/mol. The zero-order chi connectivity index (χ0) is 40.4. The van der Waals surface area contributed by atoms with Gasteiger partial charge in [-0.2, -0.15) is 0 Å². The van der Waals surface area contributed by atoms with E-state index in [1.165, 1.54) is 38.9 Å². The minimum atomic E-state index is -1.51. The van der Waals surface area contributed by atoms with Gasteiger partial charge >= 0.3 is 5.97 Å². The number of hydrogen-bond acceptors (Lipinski definition) is 12. The molecule has 0 fully saturated rings. The van der Waals surface area contributed by atoms with Gasteiger partial charge in [-0.1, -0.05) is 0 Å². The highest BCUT2D eigenvalue weighted by atomic mass is 16.4. The Hall–Kier alpha value is -5.90. The Morgan fingerprint density at radius 3 is 1.65 bits per heavy atom. The largest absolute Gasteiger partial charge is 0.481 e. The fourth-order valence-electron chi connectivity index (χ4n) is 5.07. The molecule has 22 nitrogen and oxygen atoms in total. The first-order valence-corrected chi connectivity index (χ1v) is 17.1. The number of primary amides is 1. The van der Waals surface area contributed by atoms with Crippen LogP contribution in [-0.2, 0) is 51.2 Å². The molecule has 298 valence electrons. The van der Waals surface area contributed by atoms with E-state index in [4.69, 9.17) is 11.5 Å². The molecule has 2 heterocycles. The van der Waals surface area contributed by atoms with Gasteiger partial charge in [0.1, 0.15) is 36.3 Å². The number of carbonyl (C=O) groups excluding carboxylic acids is 7. The standard InChI is InChI=1S/C32H50N12O10/c1-16(39-29(51)22(7-8-25(47)48)42-32(54)26(17(2)45)40-18(3)46)28(50)43-23(10-19-12-35-14-37-19)31(53)44-24(11-20-13-36-15-38-20)30(52)41-21(27(34)49)6-4-5-9-33/h12-17,21-24,26,45H,4-11,33H2,1-3H3,(H2,34,49)(H,35,37)(H,36,38)(H,39,51)(H,40,46)(H,41,52)(H,42,54)(H,43,50)(H,44,53)(H,47,48)/t16-,17+,21-,22-,23-,24-,26-/m0/s1.